The molecule has 0 radical (unpaired) electrons. The second-order valence-electron chi connectivity index (χ2n) is 5.43. The minimum Gasteiger partial charge on any atom is -0.377 e. The molecular formula is C14H29N3O. The molecule has 0 amide bonds. The van der Waals surface area contributed by atoms with Crippen LogP contribution in [0.15, 0.2) is 0 Å². The van der Waals surface area contributed by atoms with Gasteiger partial charge in [-0.2, -0.15) is 5.26 Å². The van der Waals surface area contributed by atoms with Crippen LogP contribution < -0.4 is 5.32 Å². The summed E-state index contributed by atoms with van der Waals surface area (Å²) in [6.07, 6.45) is 1.09. The van der Waals surface area contributed by atoms with Crippen LogP contribution in [-0.2, 0) is 4.74 Å². The van der Waals surface area contributed by atoms with Gasteiger partial charge in [0.2, 0.25) is 0 Å². The monoisotopic (exact) mass is 255 g/mol. The summed E-state index contributed by atoms with van der Waals surface area (Å²) in [4.78, 5) is 2.25. The number of nitrogens with zero attached hydrogens (tertiary/aromatic N) is 2. The summed E-state index contributed by atoms with van der Waals surface area (Å²) in [5.74, 6) is 0. The van der Waals surface area contributed by atoms with Crippen molar-refractivity contribution in [2.24, 2.45) is 0 Å². The van der Waals surface area contributed by atoms with Gasteiger partial charge >= 0.3 is 0 Å². The Labute approximate surface area is 112 Å². The van der Waals surface area contributed by atoms with Crippen molar-refractivity contribution in [1.82, 2.24) is 10.2 Å². The van der Waals surface area contributed by atoms with Gasteiger partial charge in [0, 0.05) is 12.6 Å². The van der Waals surface area contributed by atoms with E-state index in [2.05, 4.69) is 30.3 Å². The average Bonchev–Trinajstić information content (AvgIpc) is 2.28. The SMILES string of the molecule is CCNC(C)(C#N)CC(C)N(C)CCOC(C)C. The summed E-state index contributed by atoms with van der Waals surface area (Å²) in [7, 11) is 2.08. The van der Waals surface area contributed by atoms with E-state index in [1.807, 2.05) is 27.7 Å². The highest BCUT2D eigenvalue weighted by molar-refractivity contribution is 5.05. The van der Waals surface area contributed by atoms with Crippen molar-refractivity contribution < 1.29 is 4.74 Å². The Hall–Kier alpha value is -0.630. The van der Waals surface area contributed by atoms with Gasteiger partial charge in [-0.1, -0.05) is 6.92 Å². The molecule has 0 spiro atoms. The maximum Gasteiger partial charge on any atom is 0.105 e. The number of hydrogen-bond acceptors (Lipinski definition) is 4. The van der Waals surface area contributed by atoms with Crippen LogP contribution in [-0.4, -0.2) is 49.3 Å². The highest BCUT2D eigenvalue weighted by Crippen LogP contribution is 2.14. The smallest absolute Gasteiger partial charge is 0.105 e. The second-order valence-corrected chi connectivity index (χ2v) is 5.43. The highest BCUT2D eigenvalue weighted by atomic mass is 16.5. The lowest BCUT2D eigenvalue weighted by Crippen LogP contribution is -2.46. The van der Waals surface area contributed by atoms with E-state index < -0.39 is 5.54 Å². The summed E-state index contributed by atoms with van der Waals surface area (Å²) < 4.78 is 5.54. The molecule has 0 aromatic rings. The number of nitriles is 1. The quantitative estimate of drug-likeness (QED) is 0.685. The molecule has 18 heavy (non-hydrogen) atoms. The first-order chi connectivity index (χ1) is 8.34. The molecule has 4 heteroatoms. The van der Waals surface area contributed by atoms with Crippen LogP contribution in [0, 0.1) is 11.3 Å². The molecule has 0 aliphatic heterocycles. The molecule has 0 aromatic carbocycles. The van der Waals surface area contributed by atoms with Gasteiger partial charge in [-0.05, 0) is 47.7 Å². The van der Waals surface area contributed by atoms with E-state index in [0.29, 0.717) is 6.04 Å². The first-order valence-electron chi connectivity index (χ1n) is 6.82. The lowest BCUT2D eigenvalue weighted by Gasteiger charge is -2.31. The minimum atomic E-state index is -0.443. The molecule has 0 aliphatic rings. The number of hydrogen-bond donors (Lipinski definition) is 1. The third-order valence-corrected chi connectivity index (χ3v) is 3.16. The van der Waals surface area contributed by atoms with Gasteiger partial charge in [-0.15, -0.1) is 0 Å². The van der Waals surface area contributed by atoms with E-state index in [-0.39, 0.29) is 6.10 Å². The molecule has 0 fully saturated rings. The molecule has 0 bridgehead atoms. The summed E-state index contributed by atoms with van der Waals surface area (Å²) >= 11 is 0. The summed E-state index contributed by atoms with van der Waals surface area (Å²) in [6.45, 7) is 12.7. The molecule has 0 saturated carbocycles. The molecule has 1 N–H and O–H groups in total. The number of likely N-dealkylation sites (N-methyl/N-ethyl adjacent to an activating group) is 1. The predicted octanol–water partition coefficient (Wildman–Crippen LogP) is 2.01. The lowest BCUT2D eigenvalue weighted by atomic mass is 9.94. The maximum absolute atomic E-state index is 9.24. The largest absolute Gasteiger partial charge is 0.377 e. The third-order valence-electron chi connectivity index (χ3n) is 3.16. The fourth-order valence-electron chi connectivity index (χ4n) is 1.95. The second kappa shape index (κ2) is 8.47. The first-order valence-corrected chi connectivity index (χ1v) is 6.82. The van der Waals surface area contributed by atoms with E-state index >= 15 is 0 Å². The van der Waals surface area contributed by atoms with Gasteiger partial charge in [0.25, 0.3) is 0 Å². The lowest BCUT2D eigenvalue weighted by molar-refractivity contribution is 0.0548. The number of rotatable bonds is 9. The van der Waals surface area contributed by atoms with Crippen molar-refractivity contribution in [3.63, 3.8) is 0 Å². The number of ether oxygens (including phenoxy) is 1. The van der Waals surface area contributed by atoms with Crippen LogP contribution >= 0.6 is 0 Å². The molecule has 4 nitrogen and oxygen atoms in total. The zero-order chi connectivity index (χ0) is 14.2. The minimum absolute atomic E-state index is 0.278. The van der Waals surface area contributed by atoms with Gasteiger partial charge in [0.05, 0.1) is 18.8 Å². The van der Waals surface area contributed by atoms with Crippen LogP contribution in [0.5, 0.6) is 0 Å². The zero-order valence-electron chi connectivity index (χ0n) is 12.8. The van der Waals surface area contributed by atoms with Crippen LogP contribution in [0.1, 0.15) is 41.0 Å². The van der Waals surface area contributed by atoms with Crippen molar-refractivity contribution in [3.8, 4) is 6.07 Å². The van der Waals surface area contributed by atoms with E-state index in [0.717, 1.165) is 26.1 Å². The van der Waals surface area contributed by atoms with Crippen molar-refractivity contribution in [2.45, 2.75) is 58.7 Å². The van der Waals surface area contributed by atoms with Crippen molar-refractivity contribution in [3.05, 3.63) is 0 Å². The van der Waals surface area contributed by atoms with Crippen LogP contribution in [0.2, 0.25) is 0 Å². The highest BCUT2D eigenvalue weighted by Gasteiger charge is 2.26. The molecule has 2 atom stereocenters. The Morgan fingerprint density at radius 1 is 1.39 bits per heavy atom. The zero-order valence-corrected chi connectivity index (χ0v) is 12.8. The van der Waals surface area contributed by atoms with Gasteiger partial charge < -0.3 is 9.64 Å². The van der Waals surface area contributed by atoms with E-state index in [9.17, 15) is 5.26 Å². The third kappa shape index (κ3) is 6.95. The van der Waals surface area contributed by atoms with Gasteiger partial charge in [0.1, 0.15) is 5.54 Å². The summed E-state index contributed by atoms with van der Waals surface area (Å²) in [6, 6.07) is 2.72. The summed E-state index contributed by atoms with van der Waals surface area (Å²) in [5, 5.41) is 12.5. The van der Waals surface area contributed by atoms with Crippen LogP contribution in [0.3, 0.4) is 0 Å². The Morgan fingerprint density at radius 2 is 2.00 bits per heavy atom. The van der Waals surface area contributed by atoms with E-state index in [4.69, 9.17) is 4.74 Å². The fraction of sp³-hybridized carbons (Fsp3) is 0.929. The van der Waals surface area contributed by atoms with Crippen LogP contribution in [0.4, 0.5) is 0 Å². The Balaban J connectivity index is 4.13. The molecule has 0 aliphatic carbocycles. The molecule has 0 rings (SSSR count). The Morgan fingerprint density at radius 3 is 2.44 bits per heavy atom. The normalized spacial score (nSPS) is 16.6. The van der Waals surface area contributed by atoms with Crippen molar-refractivity contribution in [2.75, 3.05) is 26.7 Å². The van der Waals surface area contributed by atoms with E-state index in [1.165, 1.54) is 0 Å². The van der Waals surface area contributed by atoms with Gasteiger partial charge in [0.15, 0.2) is 0 Å². The van der Waals surface area contributed by atoms with Gasteiger partial charge in [-0.3, -0.25) is 5.32 Å². The molecule has 0 saturated heterocycles. The molecular weight excluding hydrogens is 226 g/mol. The molecule has 0 aromatic heterocycles. The van der Waals surface area contributed by atoms with Gasteiger partial charge in [-0.25, -0.2) is 0 Å². The van der Waals surface area contributed by atoms with E-state index in [1.54, 1.807) is 0 Å². The maximum atomic E-state index is 9.24. The Bertz CT molecular complexity index is 262. The first kappa shape index (κ1) is 17.4. The molecule has 106 valence electrons. The Kier molecular flexibility index (Phi) is 8.17. The average molecular weight is 255 g/mol. The molecule has 2 unspecified atom stereocenters. The predicted molar refractivity (Wildman–Crippen MR) is 75.5 cm³/mol. The topological polar surface area (TPSA) is 48.3 Å². The van der Waals surface area contributed by atoms with Crippen LogP contribution in [0.25, 0.3) is 0 Å². The van der Waals surface area contributed by atoms with Crippen molar-refractivity contribution in [1.29, 1.82) is 5.26 Å². The standard InChI is InChI=1S/C14H29N3O/c1-7-16-14(5,11-15)10-13(4)17(6)8-9-18-12(2)3/h12-13,16H,7-10H2,1-6H3. The number of nitrogens with one attached hydrogen (secondary N) is 1. The fourth-order valence-corrected chi connectivity index (χ4v) is 1.95. The molecule has 0 heterocycles. The summed E-state index contributed by atoms with van der Waals surface area (Å²) in [5.41, 5.74) is -0.443. The van der Waals surface area contributed by atoms with Crippen molar-refractivity contribution >= 4 is 0 Å².